The van der Waals surface area contributed by atoms with Gasteiger partial charge in [0, 0.05) is 24.2 Å². The van der Waals surface area contributed by atoms with Crippen molar-refractivity contribution in [2.75, 3.05) is 13.1 Å². The average molecular weight is 272 g/mol. The van der Waals surface area contributed by atoms with Crippen molar-refractivity contribution in [3.05, 3.63) is 39.8 Å². The topological polar surface area (TPSA) is 61.9 Å². The van der Waals surface area contributed by atoms with Gasteiger partial charge in [0.2, 0.25) is 0 Å². The van der Waals surface area contributed by atoms with E-state index in [1.807, 2.05) is 24.0 Å². The van der Waals surface area contributed by atoms with E-state index in [0.29, 0.717) is 18.7 Å². The van der Waals surface area contributed by atoms with Crippen LogP contribution in [0.25, 0.3) is 0 Å². The largest absolute Gasteiger partial charge is 0.334 e. The van der Waals surface area contributed by atoms with Gasteiger partial charge in [-0.3, -0.25) is 9.48 Å². The summed E-state index contributed by atoms with van der Waals surface area (Å²) in [6.07, 6.45) is 3.27. The minimum absolute atomic E-state index is 0.0852. The van der Waals surface area contributed by atoms with Gasteiger partial charge in [0.05, 0.1) is 22.7 Å². The van der Waals surface area contributed by atoms with Gasteiger partial charge < -0.3 is 4.90 Å². The zero-order valence-corrected chi connectivity index (χ0v) is 11.2. The molecule has 1 aliphatic heterocycles. The van der Waals surface area contributed by atoms with Crippen molar-refractivity contribution < 1.29 is 4.79 Å². The first-order valence-electron chi connectivity index (χ1n) is 5.97. The Kier molecular flexibility index (Phi) is 2.84. The van der Waals surface area contributed by atoms with Crippen LogP contribution in [0.4, 0.5) is 0 Å². The van der Waals surface area contributed by atoms with Crippen molar-refractivity contribution in [2.24, 2.45) is 0 Å². The van der Waals surface area contributed by atoms with Crippen molar-refractivity contribution in [3.8, 4) is 6.07 Å². The second-order valence-corrected chi connectivity index (χ2v) is 5.88. The number of aryl methyl sites for hydroxylation is 1. The highest BCUT2D eigenvalue weighted by molar-refractivity contribution is 7.13. The van der Waals surface area contributed by atoms with Gasteiger partial charge in [-0.1, -0.05) is 0 Å². The molecule has 3 heterocycles. The van der Waals surface area contributed by atoms with E-state index in [9.17, 15) is 4.79 Å². The quantitative estimate of drug-likeness (QED) is 0.837. The first-order chi connectivity index (χ1) is 9.17. The Morgan fingerprint density at radius 1 is 1.53 bits per heavy atom. The molecule has 2 aromatic heterocycles. The molecule has 0 aromatic carbocycles. The van der Waals surface area contributed by atoms with Gasteiger partial charge in [-0.15, -0.1) is 11.3 Å². The molecule has 1 fully saturated rings. The number of nitriles is 1. The summed E-state index contributed by atoms with van der Waals surface area (Å²) in [7, 11) is 0. The number of amides is 1. The molecule has 0 atom stereocenters. The molecule has 2 aromatic rings. The number of carbonyl (C=O) groups is 1. The SMILES string of the molecule is Cc1ccc(C(=O)N2CC(n3cc(C#N)cn3)C2)s1. The number of likely N-dealkylation sites (tertiary alicyclic amines) is 1. The number of aromatic nitrogens is 2. The minimum Gasteiger partial charge on any atom is -0.334 e. The lowest BCUT2D eigenvalue weighted by atomic mass is 10.1. The highest BCUT2D eigenvalue weighted by atomic mass is 32.1. The third-order valence-corrected chi connectivity index (χ3v) is 4.19. The van der Waals surface area contributed by atoms with Gasteiger partial charge in [0.1, 0.15) is 6.07 Å². The monoisotopic (exact) mass is 272 g/mol. The molecule has 5 nitrogen and oxygen atoms in total. The third kappa shape index (κ3) is 2.13. The Balaban J connectivity index is 1.64. The third-order valence-electron chi connectivity index (χ3n) is 3.21. The van der Waals surface area contributed by atoms with E-state index in [4.69, 9.17) is 5.26 Å². The number of hydrogen-bond acceptors (Lipinski definition) is 4. The zero-order chi connectivity index (χ0) is 13.4. The summed E-state index contributed by atoms with van der Waals surface area (Å²) in [5, 5.41) is 12.9. The summed E-state index contributed by atoms with van der Waals surface area (Å²) in [4.78, 5) is 15.9. The molecule has 96 valence electrons. The van der Waals surface area contributed by atoms with Crippen LogP contribution in [0.5, 0.6) is 0 Å². The van der Waals surface area contributed by atoms with E-state index in [1.165, 1.54) is 11.3 Å². The molecule has 1 saturated heterocycles. The maximum atomic E-state index is 12.1. The molecule has 1 aliphatic rings. The molecule has 0 radical (unpaired) electrons. The molecule has 0 unspecified atom stereocenters. The predicted molar refractivity (Wildman–Crippen MR) is 70.9 cm³/mol. The summed E-state index contributed by atoms with van der Waals surface area (Å²) >= 11 is 1.52. The standard InChI is InChI=1S/C13H12N4OS/c1-9-2-3-12(19-9)13(18)16-7-11(8-16)17-6-10(4-14)5-15-17/h2-3,5-6,11H,7-8H2,1H3. The van der Waals surface area contributed by atoms with E-state index in [-0.39, 0.29) is 11.9 Å². The molecule has 6 heteroatoms. The highest BCUT2D eigenvalue weighted by Crippen LogP contribution is 2.25. The Morgan fingerprint density at radius 3 is 2.89 bits per heavy atom. The smallest absolute Gasteiger partial charge is 0.264 e. The summed E-state index contributed by atoms with van der Waals surface area (Å²) in [6, 6.07) is 6.07. The zero-order valence-electron chi connectivity index (χ0n) is 10.4. The Bertz CT molecular complexity index is 660. The van der Waals surface area contributed by atoms with Crippen LogP contribution in [0.3, 0.4) is 0 Å². The summed E-state index contributed by atoms with van der Waals surface area (Å²) in [5.74, 6) is 0.0852. The summed E-state index contributed by atoms with van der Waals surface area (Å²) in [5.41, 5.74) is 0.554. The number of rotatable bonds is 2. The molecular weight excluding hydrogens is 260 g/mol. The van der Waals surface area contributed by atoms with Crippen LogP contribution in [0.15, 0.2) is 24.5 Å². The molecule has 0 spiro atoms. The van der Waals surface area contributed by atoms with E-state index >= 15 is 0 Å². The Labute approximate surface area is 114 Å². The fourth-order valence-electron chi connectivity index (χ4n) is 2.09. The van der Waals surface area contributed by atoms with Crippen molar-refractivity contribution in [3.63, 3.8) is 0 Å². The fraction of sp³-hybridized carbons (Fsp3) is 0.308. The average Bonchev–Trinajstić information content (AvgIpc) is 2.96. The molecule has 1 amide bonds. The maximum Gasteiger partial charge on any atom is 0.264 e. The van der Waals surface area contributed by atoms with Gasteiger partial charge in [0.25, 0.3) is 5.91 Å². The number of nitrogens with zero attached hydrogens (tertiary/aromatic N) is 4. The lowest BCUT2D eigenvalue weighted by Gasteiger charge is -2.38. The van der Waals surface area contributed by atoms with Crippen molar-refractivity contribution in [1.82, 2.24) is 14.7 Å². The lowest BCUT2D eigenvalue weighted by Crippen LogP contribution is -2.50. The maximum absolute atomic E-state index is 12.1. The first kappa shape index (κ1) is 11.9. The lowest BCUT2D eigenvalue weighted by molar-refractivity contribution is 0.0506. The fourth-order valence-corrected chi connectivity index (χ4v) is 2.92. The molecule has 0 saturated carbocycles. The van der Waals surface area contributed by atoms with Crippen LogP contribution in [-0.2, 0) is 0 Å². The normalized spacial score (nSPS) is 15.1. The summed E-state index contributed by atoms with van der Waals surface area (Å²) in [6.45, 7) is 3.30. The molecule has 0 aliphatic carbocycles. The molecule has 0 bridgehead atoms. The second-order valence-electron chi connectivity index (χ2n) is 4.60. The van der Waals surface area contributed by atoms with Gasteiger partial charge >= 0.3 is 0 Å². The van der Waals surface area contributed by atoms with Crippen LogP contribution in [0, 0.1) is 18.3 Å². The first-order valence-corrected chi connectivity index (χ1v) is 6.79. The summed E-state index contributed by atoms with van der Waals surface area (Å²) < 4.78 is 1.77. The van der Waals surface area contributed by atoms with Gasteiger partial charge in [-0.05, 0) is 19.1 Å². The minimum atomic E-state index is 0.0852. The van der Waals surface area contributed by atoms with Crippen molar-refractivity contribution >= 4 is 17.2 Å². The van der Waals surface area contributed by atoms with Crippen LogP contribution in [0.1, 0.15) is 26.2 Å². The van der Waals surface area contributed by atoms with E-state index in [2.05, 4.69) is 11.2 Å². The predicted octanol–water partition coefficient (Wildman–Crippen LogP) is 1.82. The number of thiophene rings is 1. The van der Waals surface area contributed by atoms with E-state index < -0.39 is 0 Å². The second kappa shape index (κ2) is 4.52. The number of hydrogen-bond donors (Lipinski definition) is 0. The molecule has 0 N–H and O–H groups in total. The van der Waals surface area contributed by atoms with Crippen LogP contribution in [-0.4, -0.2) is 33.7 Å². The number of carbonyl (C=O) groups excluding carboxylic acids is 1. The van der Waals surface area contributed by atoms with Gasteiger partial charge in [-0.25, -0.2) is 0 Å². The Hall–Kier alpha value is -2.13. The van der Waals surface area contributed by atoms with E-state index in [1.54, 1.807) is 17.1 Å². The highest BCUT2D eigenvalue weighted by Gasteiger charge is 2.33. The van der Waals surface area contributed by atoms with Gasteiger partial charge in [-0.2, -0.15) is 10.4 Å². The Morgan fingerprint density at radius 2 is 2.32 bits per heavy atom. The van der Waals surface area contributed by atoms with Crippen LogP contribution in [0.2, 0.25) is 0 Å². The molecule has 3 rings (SSSR count). The molecular formula is C13H12N4OS. The van der Waals surface area contributed by atoms with Crippen molar-refractivity contribution in [1.29, 1.82) is 5.26 Å². The van der Waals surface area contributed by atoms with Crippen LogP contribution >= 0.6 is 11.3 Å². The van der Waals surface area contributed by atoms with Crippen LogP contribution < -0.4 is 0 Å². The molecule has 19 heavy (non-hydrogen) atoms. The van der Waals surface area contributed by atoms with Crippen molar-refractivity contribution in [2.45, 2.75) is 13.0 Å². The van der Waals surface area contributed by atoms with E-state index in [0.717, 1.165) is 9.75 Å². The van der Waals surface area contributed by atoms with Gasteiger partial charge in [0.15, 0.2) is 0 Å².